The fourth-order valence-corrected chi connectivity index (χ4v) is 7.56. The number of carbonyl (C=O) groups excluding carboxylic acids is 1. The highest BCUT2D eigenvalue weighted by Crippen LogP contribution is 2.55. The maximum absolute atomic E-state index is 12.1. The molecule has 1 saturated heterocycles. The van der Waals surface area contributed by atoms with E-state index in [0.29, 0.717) is 12.2 Å². The van der Waals surface area contributed by atoms with Crippen molar-refractivity contribution in [3.8, 4) is 0 Å². The summed E-state index contributed by atoms with van der Waals surface area (Å²) in [5.41, 5.74) is 0.864. The SMILES string of the molecule is C=CC(C)(C)OCC1OC(OC2C3=C(C(C)COC(C)=O)CC(O)C3(C)C=C3C(COC)CCC3C(C)C2O)C(O)C(O)C1O. The van der Waals surface area contributed by atoms with Crippen LogP contribution in [0.4, 0.5) is 0 Å². The van der Waals surface area contributed by atoms with E-state index >= 15 is 0 Å². The van der Waals surface area contributed by atoms with Gasteiger partial charge in [0.05, 0.1) is 37.6 Å². The molecule has 0 aromatic carbocycles. The summed E-state index contributed by atoms with van der Waals surface area (Å²) in [6.07, 6.45) is -4.51. The van der Waals surface area contributed by atoms with Crippen molar-refractivity contribution in [2.45, 2.75) is 115 Å². The molecule has 0 spiro atoms. The summed E-state index contributed by atoms with van der Waals surface area (Å²) >= 11 is 0. The van der Waals surface area contributed by atoms with Crippen LogP contribution in [-0.2, 0) is 28.5 Å². The van der Waals surface area contributed by atoms with Crippen molar-refractivity contribution in [2.24, 2.45) is 29.1 Å². The lowest BCUT2D eigenvalue weighted by Crippen LogP contribution is -2.61. The van der Waals surface area contributed by atoms with Gasteiger partial charge < -0.3 is 49.2 Å². The Hall–Kier alpha value is -1.67. The van der Waals surface area contributed by atoms with E-state index in [1.807, 2.05) is 20.8 Å². The minimum atomic E-state index is -1.64. The standard InChI is InChI=1S/C34H54O11/c1-9-33(5,6)43-16-24-28(38)29(39)30(40)32(44-24)45-31-26-22(17(2)14-42-19(4)35)12-25(36)34(26,7)13-23-20(15-41-8)10-11-21(23)18(3)27(31)37/h9,13,17-18,20-21,24-25,27-32,36-40H,1,10-12,14-16H2,2-8H3. The fourth-order valence-electron chi connectivity index (χ4n) is 7.56. The van der Waals surface area contributed by atoms with Gasteiger partial charge in [-0.05, 0) is 57.4 Å². The predicted octanol–water partition coefficient (Wildman–Crippen LogP) is 2.04. The number of aliphatic hydroxyl groups is 5. The quantitative estimate of drug-likeness (QED) is 0.166. The van der Waals surface area contributed by atoms with E-state index in [4.69, 9.17) is 23.7 Å². The van der Waals surface area contributed by atoms with Crippen molar-refractivity contribution in [1.82, 2.24) is 0 Å². The summed E-state index contributed by atoms with van der Waals surface area (Å²) in [5.74, 6) is -0.878. The van der Waals surface area contributed by atoms with Crippen molar-refractivity contribution < 1.29 is 54.0 Å². The van der Waals surface area contributed by atoms with Gasteiger partial charge in [0.2, 0.25) is 0 Å². The number of aliphatic hydroxyl groups excluding tert-OH is 5. The number of hydrogen-bond acceptors (Lipinski definition) is 11. The highest BCUT2D eigenvalue weighted by molar-refractivity contribution is 5.65. The largest absolute Gasteiger partial charge is 0.465 e. The Kier molecular flexibility index (Phi) is 11.4. The molecule has 45 heavy (non-hydrogen) atoms. The second kappa shape index (κ2) is 14.2. The van der Waals surface area contributed by atoms with Crippen LogP contribution in [0.15, 0.2) is 35.5 Å². The van der Waals surface area contributed by atoms with Crippen molar-refractivity contribution in [3.05, 3.63) is 35.5 Å². The Bertz CT molecular complexity index is 1130. The van der Waals surface area contributed by atoms with Gasteiger partial charge >= 0.3 is 5.97 Å². The van der Waals surface area contributed by atoms with Crippen LogP contribution >= 0.6 is 0 Å². The monoisotopic (exact) mass is 638 g/mol. The molecule has 11 nitrogen and oxygen atoms in total. The minimum Gasteiger partial charge on any atom is -0.465 e. The summed E-state index contributed by atoms with van der Waals surface area (Å²) in [5, 5.41) is 56.5. The third-order valence-corrected chi connectivity index (χ3v) is 10.6. The number of rotatable bonds is 11. The maximum atomic E-state index is 12.1. The first-order chi connectivity index (χ1) is 21.1. The Labute approximate surface area is 266 Å². The summed E-state index contributed by atoms with van der Waals surface area (Å²) in [6.45, 7) is 15.0. The van der Waals surface area contributed by atoms with E-state index < -0.39 is 66.0 Å². The molecule has 13 unspecified atom stereocenters. The van der Waals surface area contributed by atoms with Crippen LogP contribution in [0, 0.1) is 29.1 Å². The molecule has 0 aromatic rings. The van der Waals surface area contributed by atoms with Gasteiger partial charge in [0.15, 0.2) is 6.29 Å². The lowest BCUT2D eigenvalue weighted by Gasteiger charge is -2.46. The van der Waals surface area contributed by atoms with Crippen LogP contribution in [0.5, 0.6) is 0 Å². The molecular weight excluding hydrogens is 584 g/mol. The third kappa shape index (κ3) is 7.27. The zero-order valence-corrected chi connectivity index (χ0v) is 27.7. The molecule has 0 bridgehead atoms. The Balaban J connectivity index is 1.78. The molecule has 5 N–H and O–H groups in total. The van der Waals surface area contributed by atoms with Gasteiger partial charge in [-0.3, -0.25) is 4.79 Å². The third-order valence-electron chi connectivity index (χ3n) is 10.6. The minimum absolute atomic E-state index is 0.00578. The van der Waals surface area contributed by atoms with Gasteiger partial charge in [-0.15, -0.1) is 6.58 Å². The van der Waals surface area contributed by atoms with E-state index in [1.165, 1.54) is 6.92 Å². The van der Waals surface area contributed by atoms with E-state index in [2.05, 4.69) is 12.7 Å². The van der Waals surface area contributed by atoms with Crippen LogP contribution in [0.25, 0.3) is 0 Å². The van der Waals surface area contributed by atoms with Gasteiger partial charge in [-0.25, -0.2) is 0 Å². The Morgan fingerprint density at radius 3 is 2.44 bits per heavy atom. The van der Waals surface area contributed by atoms with Crippen LogP contribution in [0.3, 0.4) is 0 Å². The predicted molar refractivity (Wildman–Crippen MR) is 165 cm³/mol. The first-order valence-electron chi connectivity index (χ1n) is 16.1. The maximum Gasteiger partial charge on any atom is 0.302 e. The first kappa shape index (κ1) is 36.2. The topological polar surface area (TPSA) is 164 Å². The molecule has 0 aromatic heterocycles. The lowest BCUT2D eigenvalue weighted by molar-refractivity contribution is -0.319. The van der Waals surface area contributed by atoms with Crippen LogP contribution < -0.4 is 0 Å². The van der Waals surface area contributed by atoms with Crippen molar-refractivity contribution in [2.75, 3.05) is 26.9 Å². The van der Waals surface area contributed by atoms with Gasteiger partial charge in [0.25, 0.3) is 0 Å². The lowest BCUT2D eigenvalue weighted by atomic mass is 9.68. The van der Waals surface area contributed by atoms with Gasteiger partial charge in [0, 0.05) is 31.3 Å². The molecule has 2 fully saturated rings. The van der Waals surface area contributed by atoms with Crippen LogP contribution in [0.2, 0.25) is 0 Å². The Morgan fingerprint density at radius 1 is 1.13 bits per heavy atom. The summed E-state index contributed by atoms with van der Waals surface area (Å²) in [4.78, 5) is 11.7. The van der Waals surface area contributed by atoms with Gasteiger partial charge in [-0.1, -0.05) is 37.1 Å². The van der Waals surface area contributed by atoms with Crippen molar-refractivity contribution >= 4 is 5.97 Å². The number of ether oxygens (including phenoxy) is 5. The molecule has 4 aliphatic rings. The number of carbonyl (C=O) groups is 1. The zero-order chi connectivity index (χ0) is 33.4. The first-order valence-corrected chi connectivity index (χ1v) is 16.1. The molecule has 1 saturated carbocycles. The highest BCUT2D eigenvalue weighted by Gasteiger charge is 2.55. The molecule has 0 radical (unpaired) electrons. The summed E-state index contributed by atoms with van der Waals surface area (Å²) < 4.78 is 29.3. The van der Waals surface area contributed by atoms with Crippen LogP contribution in [-0.4, -0.2) is 113 Å². The molecule has 11 heteroatoms. The summed E-state index contributed by atoms with van der Waals surface area (Å²) in [7, 11) is 1.67. The van der Waals surface area contributed by atoms with Gasteiger partial charge in [0.1, 0.15) is 30.5 Å². The zero-order valence-electron chi connectivity index (χ0n) is 27.7. The molecule has 256 valence electrons. The number of fused-ring (bicyclic) bond motifs is 2. The fraction of sp³-hybridized carbons (Fsp3) is 0.794. The average Bonchev–Trinajstić information content (AvgIpc) is 3.49. The second-order valence-electron chi connectivity index (χ2n) is 14.2. The van der Waals surface area contributed by atoms with E-state index in [1.54, 1.807) is 27.0 Å². The molecule has 0 amide bonds. The average molecular weight is 639 g/mol. The van der Waals surface area contributed by atoms with Gasteiger partial charge in [-0.2, -0.15) is 0 Å². The number of methoxy groups -OCH3 is 1. The van der Waals surface area contributed by atoms with Crippen LogP contribution in [0.1, 0.15) is 60.8 Å². The smallest absolute Gasteiger partial charge is 0.302 e. The molecule has 3 aliphatic carbocycles. The number of hydrogen-bond donors (Lipinski definition) is 5. The van der Waals surface area contributed by atoms with E-state index in [0.717, 1.165) is 24.0 Å². The molecule has 13 atom stereocenters. The molecule has 4 rings (SSSR count). The van der Waals surface area contributed by atoms with E-state index in [9.17, 15) is 30.3 Å². The second-order valence-corrected chi connectivity index (χ2v) is 14.2. The number of esters is 1. The molecule has 1 aliphatic heterocycles. The molecular formula is C34H54O11. The highest BCUT2D eigenvalue weighted by atomic mass is 16.7. The van der Waals surface area contributed by atoms with Crippen molar-refractivity contribution in [3.63, 3.8) is 0 Å². The summed E-state index contributed by atoms with van der Waals surface area (Å²) in [6, 6.07) is 0. The normalized spacial score (nSPS) is 41.1. The van der Waals surface area contributed by atoms with Crippen molar-refractivity contribution in [1.29, 1.82) is 0 Å². The van der Waals surface area contributed by atoms with E-state index in [-0.39, 0.29) is 43.3 Å². The molecule has 1 heterocycles. The Morgan fingerprint density at radius 2 is 1.82 bits per heavy atom.